The van der Waals surface area contributed by atoms with Crippen LogP contribution in [-0.2, 0) is 6.42 Å². The van der Waals surface area contributed by atoms with Gasteiger partial charge in [0.1, 0.15) is 0 Å². The smallest absolute Gasteiger partial charge is 0.0181 e. The van der Waals surface area contributed by atoms with Crippen molar-refractivity contribution < 1.29 is 0 Å². The van der Waals surface area contributed by atoms with Crippen LogP contribution in [0.3, 0.4) is 0 Å². The standard InChI is InChI=1S/C19H24/c1-2-3-4-8-18-14-19(18)13-15-10-11-16-7-5-6-9-17(16)12-15/h5-7,9-12,18-19H,2-4,8,13-14H2,1H3/t18-,19-/m1/s1. The lowest BCUT2D eigenvalue weighted by molar-refractivity contribution is 0.580. The maximum absolute atomic E-state index is 2.39. The lowest BCUT2D eigenvalue weighted by atomic mass is 10.0. The molecule has 1 aliphatic rings. The van der Waals surface area contributed by atoms with Gasteiger partial charge in [0.05, 0.1) is 0 Å². The van der Waals surface area contributed by atoms with E-state index in [0.29, 0.717) is 0 Å². The summed E-state index contributed by atoms with van der Waals surface area (Å²) in [5, 5.41) is 2.75. The normalized spacial score (nSPS) is 21.7. The highest BCUT2D eigenvalue weighted by Crippen LogP contribution is 2.44. The Morgan fingerprint density at radius 1 is 0.947 bits per heavy atom. The molecule has 0 heteroatoms. The summed E-state index contributed by atoms with van der Waals surface area (Å²) >= 11 is 0. The summed E-state index contributed by atoms with van der Waals surface area (Å²) in [5.74, 6) is 2.00. The number of unbranched alkanes of at least 4 members (excludes halogenated alkanes) is 2. The number of fused-ring (bicyclic) bond motifs is 1. The highest BCUT2D eigenvalue weighted by atomic mass is 14.4. The molecule has 0 bridgehead atoms. The second kappa shape index (κ2) is 5.77. The van der Waals surface area contributed by atoms with E-state index in [2.05, 4.69) is 49.4 Å². The first-order chi connectivity index (χ1) is 9.36. The van der Waals surface area contributed by atoms with Gasteiger partial charge in [-0.3, -0.25) is 0 Å². The average molecular weight is 252 g/mol. The quantitative estimate of drug-likeness (QED) is 0.587. The molecule has 1 saturated carbocycles. The van der Waals surface area contributed by atoms with E-state index in [1.807, 2.05) is 0 Å². The van der Waals surface area contributed by atoms with E-state index in [0.717, 1.165) is 11.8 Å². The second-order valence-corrected chi connectivity index (χ2v) is 6.14. The first-order valence-electron chi connectivity index (χ1n) is 7.84. The van der Waals surface area contributed by atoms with E-state index >= 15 is 0 Å². The zero-order valence-electron chi connectivity index (χ0n) is 11.9. The van der Waals surface area contributed by atoms with Crippen molar-refractivity contribution in [3.63, 3.8) is 0 Å². The zero-order chi connectivity index (χ0) is 13.1. The third kappa shape index (κ3) is 3.18. The van der Waals surface area contributed by atoms with Gasteiger partial charge in [-0.25, -0.2) is 0 Å². The first-order valence-corrected chi connectivity index (χ1v) is 7.84. The molecule has 0 spiro atoms. The monoisotopic (exact) mass is 252 g/mol. The van der Waals surface area contributed by atoms with Crippen molar-refractivity contribution in [1.29, 1.82) is 0 Å². The molecule has 0 nitrogen and oxygen atoms in total. The fourth-order valence-electron chi connectivity index (χ4n) is 3.24. The molecule has 0 aliphatic heterocycles. The Balaban J connectivity index is 1.58. The summed E-state index contributed by atoms with van der Waals surface area (Å²) in [6, 6.07) is 15.7. The van der Waals surface area contributed by atoms with Gasteiger partial charge in [0.2, 0.25) is 0 Å². The summed E-state index contributed by atoms with van der Waals surface area (Å²) in [7, 11) is 0. The van der Waals surface area contributed by atoms with Crippen molar-refractivity contribution in [3.05, 3.63) is 48.0 Å². The van der Waals surface area contributed by atoms with Crippen molar-refractivity contribution in [2.75, 3.05) is 0 Å². The fraction of sp³-hybridized carbons (Fsp3) is 0.474. The highest BCUT2D eigenvalue weighted by Gasteiger charge is 2.35. The van der Waals surface area contributed by atoms with Crippen LogP contribution in [0.1, 0.15) is 44.6 Å². The maximum Gasteiger partial charge on any atom is -0.0181 e. The SMILES string of the molecule is CCCCC[C@@H]1C[C@H]1Cc1ccc2ccccc2c1. The lowest BCUT2D eigenvalue weighted by Gasteiger charge is -2.04. The minimum absolute atomic E-state index is 0.970. The number of rotatable bonds is 6. The highest BCUT2D eigenvalue weighted by molar-refractivity contribution is 5.82. The Bertz CT molecular complexity index is 540. The van der Waals surface area contributed by atoms with Gasteiger partial charge in [-0.15, -0.1) is 0 Å². The van der Waals surface area contributed by atoms with Gasteiger partial charge < -0.3 is 0 Å². The van der Waals surface area contributed by atoms with Crippen LogP contribution < -0.4 is 0 Å². The third-order valence-corrected chi connectivity index (χ3v) is 4.56. The summed E-state index contributed by atoms with van der Waals surface area (Å²) in [5.41, 5.74) is 1.53. The lowest BCUT2D eigenvalue weighted by Crippen LogP contribution is -1.91. The minimum atomic E-state index is 0.970. The van der Waals surface area contributed by atoms with Crippen LogP contribution in [0, 0.1) is 11.8 Å². The van der Waals surface area contributed by atoms with Crippen molar-refractivity contribution in [2.24, 2.45) is 11.8 Å². The molecule has 19 heavy (non-hydrogen) atoms. The second-order valence-electron chi connectivity index (χ2n) is 6.14. The molecule has 0 unspecified atom stereocenters. The predicted molar refractivity (Wildman–Crippen MR) is 83.4 cm³/mol. The van der Waals surface area contributed by atoms with Crippen molar-refractivity contribution >= 4 is 10.8 Å². The topological polar surface area (TPSA) is 0 Å². The summed E-state index contributed by atoms with van der Waals surface area (Å²) in [6.45, 7) is 2.29. The number of hydrogen-bond acceptors (Lipinski definition) is 0. The van der Waals surface area contributed by atoms with E-state index in [9.17, 15) is 0 Å². The molecule has 2 aromatic carbocycles. The minimum Gasteiger partial charge on any atom is -0.0654 e. The molecule has 3 rings (SSSR count). The molecule has 1 aliphatic carbocycles. The van der Waals surface area contributed by atoms with Crippen LogP contribution in [0.15, 0.2) is 42.5 Å². The molecule has 0 amide bonds. The Morgan fingerprint density at radius 3 is 2.63 bits per heavy atom. The fourth-order valence-corrected chi connectivity index (χ4v) is 3.24. The number of benzene rings is 2. The summed E-state index contributed by atoms with van der Waals surface area (Å²) < 4.78 is 0. The van der Waals surface area contributed by atoms with Crippen molar-refractivity contribution in [2.45, 2.75) is 45.4 Å². The molecular weight excluding hydrogens is 228 g/mol. The average Bonchev–Trinajstić information content (AvgIpc) is 3.17. The van der Waals surface area contributed by atoms with E-state index < -0.39 is 0 Å². The molecule has 100 valence electrons. The Labute approximate surface area is 116 Å². The zero-order valence-corrected chi connectivity index (χ0v) is 11.9. The maximum atomic E-state index is 2.39. The molecule has 0 N–H and O–H groups in total. The molecule has 0 saturated heterocycles. The molecule has 0 heterocycles. The van der Waals surface area contributed by atoms with E-state index in [4.69, 9.17) is 0 Å². The van der Waals surface area contributed by atoms with E-state index in [1.165, 1.54) is 54.9 Å². The molecular formula is C19H24. The largest absolute Gasteiger partial charge is 0.0654 e. The van der Waals surface area contributed by atoms with Gasteiger partial charge in [0.15, 0.2) is 0 Å². The van der Waals surface area contributed by atoms with Gasteiger partial charge in [-0.1, -0.05) is 75.1 Å². The third-order valence-electron chi connectivity index (χ3n) is 4.56. The van der Waals surface area contributed by atoms with Crippen LogP contribution >= 0.6 is 0 Å². The van der Waals surface area contributed by atoms with Crippen LogP contribution in [-0.4, -0.2) is 0 Å². The van der Waals surface area contributed by atoms with Crippen molar-refractivity contribution in [3.8, 4) is 0 Å². The van der Waals surface area contributed by atoms with Gasteiger partial charge in [-0.05, 0) is 41.0 Å². The van der Waals surface area contributed by atoms with Crippen LogP contribution in [0.5, 0.6) is 0 Å². The van der Waals surface area contributed by atoms with Crippen LogP contribution in [0.2, 0.25) is 0 Å². The van der Waals surface area contributed by atoms with Gasteiger partial charge in [0, 0.05) is 0 Å². The molecule has 2 atom stereocenters. The predicted octanol–water partition coefficient (Wildman–Crippen LogP) is 5.60. The summed E-state index contributed by atoms with van der Waals surface area (Å²) in [4.78, 5) is 0. The van der Waals surface area contributed by atoms with Gasteiger partial charge in [0.25, 0.3) is 0 Å². The van der Waals surface area contributed by atoms with E-state index in [-0.39, 0.29) is 0 Å². The Hall–Kier alpha value is -1.30. The number of hydrogen-bond donors (Lipinski definition) is 0. The summed E-state index contributed by atoms with van der Waals surface area (Å²) in [6.07, 6.45) is 8.43. The van der Waals surface area contributed by atoms with Gasteiger partial charge >= 0.3 is 0 Å². The van der Waals surface area contributed by atoms with Crippen LogP contribution in [0.25, 0.3) is 10.8 Å². The van der Waals surface area contributed by atoms with Gasteiger partial charge in [-0.2, -0.15) is 0 Å². The first kappa shape index (κ1) is 12.7. The molecule has 0 radical (unpaired) electrons. The molecule has 1 fully saturated rings. The Kier molecular flexibility index (Phi) is 3.87. The van der Waals surface area contributed by atoms with E-state index in [1.54, 1.807) is 0 Å². The molecule has 0 aromatic heterocycles. The molecule has 2 aromatic rings. The van der Waals surface area contributed by atoms with Crippen molar-refractivity contribution in [1.82, 2.24) is 0 Å². The Morgan fingerprint density at radius 2 is 1.79 bits per heavy atom. The van der Waals surface area contributed by atoms with Crippen LogP contribution in [0.4, 0.5) is 0 Å².